The zero-order chi connectivity index (χ0) is 25.7. The molecule has 6 rings (SSSR count). The minimum absolute atomic E-state index is 0.0608. The quantitative estimate of drug-likeness (QED) is 0.599. The van der Waals surface area contributed by atoms with E-state index in [9.17, 15) is 9.59 Å². The molecule has 2 heterocycles. The highest BCUT2D eigenvalue weighted by atomic mass is 16.6. The van der Waals surface area contributed by atoms with Crippen molar-refractivity contribution < 1.29 is 14.3 Å². The van der Waals surface area contributed by atoms with E-state index in [2.05, 4.69) is 20.6 Å². The average molecular weight is 498 g/mol. The highest BCUT2D eigenvalue weighted by Gasteiger charge is 2.50. The largest absolute Gasteiger partial charge is 0.444 e. The van der Waals surface area contributed by atoms with Gasteiger partial charge in [-0.1, -0.05) is 13.8 Å². The summed E-state index contributed by atoms with van der Waals surface area (Å²) in [5.74, 6) is 3.58. The smallest absolute Gasteiger partial charge is 0.408 e. The van der Waals surface area contributed by atoms with E-state index in [0.29, 0.717) is 24.9 Å². The van der Waals surface area contributed by atoms with Gasteiger partial charge < -0.3 is 20.3 Å². The number of rotatable bonds is 6. The Balaban J connectivity index is 1.23. The van der Waals surface area contributed by atoms with Crippen LogP contribution in [0.3, 0.4) is 0 Å². The summed E-state index contributed by atoms with van der Waals surface area (Å²) < 4.78 is 5.39. The molecule has 0 saturated heterocycles. The van der Waals surface area contributed by atoms with Gasteiger partial charge in [0.1, 0.15) is 23.8 Å². The molecule has 1 aliphatic heterocycles. The van der Waals surface area contributed by atoms with Crippen LogP contribution in [-0.4, -0.2) is 51.6 Å². The van der Waals surface area contributed by atoms with Gasteiger partial charge in [0.25, 0.3) is 0 Å². The van der Waals surface area contributed by atoms with E-state index < -0.39 is 17.7 Å². The second kappa shape index (κ2) is 9.49. The van der Waals surface area contributed by atoms with Crippen LogP contribution in [0.25, 0.3) is 0 Å². The van der Waals surface area contributed by atoms with Gasteiger partial charge in [-0.25, -0.2) is 14.8 Å². The SMILES string of the molecule is CC(C)[C@H](NC(=O)OC(C)(C)C)C(=O)N1CCc2c(ncnc2NCC23CC4CC(CC(C4)C2)C3)C1. The minimum Gasteiger partial charge on any atom is -0.444 e. The third-order valence-electron chi connectivity index (χ3n) is 8.72. The molecule has 0 unspecified atom stereocenters. The number of aromatic nitrogens is 2. The molecule has 8 nitrogen and oxygen atoms in total. The number of hydrogen-bond acceptors (Lipinski definition) is 6. The highest BCUT2D eigenvalue weighted by molar-refractivity contribution is 5.86. The van der Waals surface area contributed by atoms with Crippen molar-refractivity contribution in [3.05, 3.63) is 17.6 Å². The predicted octanol–water partition coefficient (Wildman–Crippen LogP) is 4.54. The van der Waals surface area contributed by atoms with Crippen molar-refractivity contribution in [1.29, 1.82) is 0 Å². The highest BCUT2D eigenvalue weighted by Crippen LogP contribution is 2.59. The Bertz CT molecular complexity index is 966. The van der Waals surface area contributed by atoms with Gasteiger partial charge in [0.15, 0.2) is 0 Å². The number of carbonyl (C=O) groups excluding carboxylic acids is 2. The first-order chi connectivity index (χ1) is 17.0. The molecule has 4 fully saturated rings. The molecule has 2 N–H and O–H groups in total. The van der Waals surface area contributed by atoms with Crippen molar-refractivity contribution >= 4 is 17.8 Å². The lowest BCUT2D eigenvalue weighted by molar-refractivity contribution is -0.135. The maximum atomic E-state index is 13.4. The Morgan fingerprint density at radius 2 is 1.75 bits per heavy atom. The number of amides is 2. The van der Waals surface area contributed by atoms with E-state index in [0.717, 1.165) is 41.4 Å². The van der Waals surface area contributed by atoms with Crippen LogP contribution in [0, 0.1) is 29.1 Å². The zero-order valence-electron chi connectivity index (χ0n) is 22.6. The molecule has 1 aromatic heterocycles. The molecule has 36 heavy (non-hydrogen) atoms. The summed E-state index contributed by atoms with van der Waals surface area (Å²) >= 11 is 0. The summed E-state index contributed by atoms with van der Waals surface area (Å²) in [5.41, 5.74) is 1.85. The van der Waals surface area contributed by atoms with E-state index in [1.807, 2.05) is 34.6 Å². The molecule has 4 saturated carbocycles. The minimum atomic E-state index is -0.642. The molecule has 4 bridgehead atoms. The van der Waals surface area contributed by atoms with Gasteiger partial charge in [-0.2, -0.15) is 0 Å². The third kappa shape index (κ3) is 5.32. The van der Waals surface area contributed by atoms with Crippen LogP contribution >= 0.6 is 0 Å². The summed E-state index contributed by atoms with van der Waals surface area (Å²) in [6.45, 7) is 11.3. The van der Waals surface area contributed by atoms with Gasteiger partial charge in [0.05, 0.1) is 12.2 Å². The van der Waals surface area contributed by atoms with Gasteiger partial charge in [-0.05, 0) is 94.8 Å². The molecule has 0 spiro atoms. The zero-order valence-corrected chi connectivity index (χ0v) is 22.6. The molecule has 8 heteroatoms. The van der Waals surface area contributed by atoms with Crippen LogP contribution in [0.5, 0.6) is 0 Å². The molecular formula is C28H43N5O3. The number of alkyl carbamates (subject to hydrolysis) is 1. The number of fused-ring (bicyclic) bond motifs is 1. The van der Waals surface area contributed by atoms with Gasteiger partial charge in [-0.3, -0.25) is 4.79 Å². The fourth-order valence-corrected chi connectivity index (χ4v) is 7.62. The van der Waals surface area contributed by atoms with Crippen LogP contribution in [0.15, 0.2) is 6.33 Å². The van der Waals surface area contributed by atoms with E-state index in [-0.39, 0.29) is 11.8 Å². The van der Waals surface area contributed by atoms with Crippen molar-refractivity contribution in [1.82, 2.24) is 20.2 Å². The topological polar surface area (TPSA) is 96.5 Å². The number of anilines is 1. The fraction of sp³-hybridized carbons (Fsp3) is 0.786. The van der Waals surface area contributed by atoms with Crippen molar-refractivity contribution in [3.63, 3.8) is 0 Å². The Morgan fingerprint density at radius 3 is 2.33 bits per heavy atom. The monoisotopic (exact) mass is 497 g/mol. The first-order valence-corrected chi connectivity index (χ1v) is 13.9. The molecule has 1 atom stereocenters. The van der Waals surface area contributed by atoms with Gasteiger partial charge in [-0.15, -0.1) is 0 Å². The van der Waals surface area contributed by atoms with E-state index in [1.54, 1.807) is 11.2 Å². The van der Waals surface area contributed by atoms with Crippen LogP contribution in [0.2, 0.25) is 0 Å². The molecule has 4 aliphatic carbocycles. The fourth-order valence-electron chi connectivity index (χ4n) is 7.62. The van der Waals surface area contributed by atoms with Crippen molar-refractivity contribution in [2.75, 3.05) is 18.4 Å². The van der Waals surface area contributed by atoms with Crippen molar-refractivity contribution in [2.24, 2.45) is 29.1 Å². The van der Waals surface area contributed by atoms with Gasteiger partial charge in [0, 0.05) is 18.7 Å². The summed E-state index contributed by atoms with van der Waals surface area (Å²) in [7, 11) is 0. The van der Waals surface area contributed by atoms with Crippen LogP contribution < -0.4 is 10.6 Å². The molecule has 2 amide bonds. The molecule has 198 valence electrons. The second-order valence-corrected chi connectivity index (χ2v) is 13.3. The first-order valence-electron chi connectivity index (χ1n) is 13.9. The summed E-state index contributed by atoms with van der Waals surface area (Å²) in [6, 6.07) is -0.642. The lowest BCUT2D eigenvalue weighted by atomic mass is 9.49. The lowest BCUT2D eigenvalue weighted by Gasteiger charge is -2.57. The Hall–Kier alpha value is -2.38. The van der Waals surface area contributed by atoms with Crippen molar-refractivity contribution in [3.8, 4) is 0 Å². The predicted molar refractivity (Wildman–Crippen MR) is 138 cm³/mol. The normalized spacial score (nSPS) is 29.6. The molecule has 5 aliphatic rings. The van der Waals surface area contributed by atoms with E-state index in [1.165, 1.54) is 38.5 Å². The summed E-state index contributed by atoms with van der Waals surface area (Å²) in [4.78, 5) is 36.8. The lowest BCUT2D eigenvalue weighted by Crippen LogP contribution is -2.53. The number of hydrogen-bond donors (Lipinski definition) is 2. The molecule has 1 aromatic rings. The van der Waals surface area contributed by atoms with Crippen LogP contribution in [-0.2, 0) is 22.5 Å². The van der Waals surface area contributed by atoms with Gasteiger partial charge >= 0.3 is 6.09 Å². The average Bonchev–Trinajstić information content (AvgIpc) is 2.78. The van der Waals surface area contributed by atoms with Crippen LogP contribution in [0.4, 0.5) is 10.6 Å². The molecular weight excluding hydrogens is 454 g/mol. The Kier molecular flexibility index (Phi) is 6.66. The number of nitrogens with one attached hydrogen (secondary N) is 2. The summed E-state index contributed by atoms with van der Waals surface area (Å²) in [6.07, 6.45) is 10.2. The van der Waals surface area contributed by atoms with Crippen molar-refractivity contribution in [2.45, 2.75) is 97.8 Å². The standard InChI is InChI=1S/C28H43N5O3/c1-17(2)23(32-26(35)36-27(3,4)5)25(34)33-7-6-21-22(14-33)30-16-31-24(21)29-15-28-11-18-8-19(12-28)10-20(9-18)13-28/h16-20,23H,6-15H2,1-5H3,(H,32,35)(H,29,30,31)/t18?,19?,20?,23-,28?/m0/s1. The van der Waals surface area contributed by atoms with E-state index in [4.69, 9.17) is 4.74 Å². The Labute approximate surface area is 215 Å². The number of nitrogens with zero attached hydrogens (tertiary/aromatic N) is 3. The maximum absolute atomic E-state index is 13.4. The van der Waals surface area contributed by atoms with Gasteiger partial charge in [0.2, 0.25) is 5.91 Å². The second-order valence-electron chi connectivity index (χ2n) is 13.3. The number of carbonyl (C=O) groups is 2. The molecule has 0 aromatic carbocycles. The van der Waals surface area contributed by atoms with E-state index >= 15 is 0 Å². The summed E-state index contributed by atoms with van der Waals surface area (Å²) in [5, 5.41) is 6.53. The Morgan fingerprint density at radius 1 is 1.11 bits per heavy atom. The maximum Gasteiger partial charge on any atom is 0.408 e. The number of ether oxygens (including phenoxy) is 1. The molecule has 0 radical (unpaired) electrons. The first kappa shape index (κ1) is 25.3. The van der Waals surface area contributed by atoms with Crippen LogP contribution in [0.1, 0.15) is 84.4 Å². The third-order valence-corrected chi connectivity index (χ3v) is 8.72.